The summed E-state index contributed by atoms with van der Waals surface area (Å²) in [5.41, 5.74) is 3.17. The quantitative estimate of drug-likeness (QED) is 0.776. The molecule has 1 unspecified atom stereocenters. The summed E-state index contributed by atoms with van der Waals surface area (Å²) in [6.45, 7) is 1.87. The lowest BCUT2D eigenvalue weighted by molar-refractivity contribution is 0.134. The second kappa shape index (κ2) is 4.47. The Morgan fingerprint density at radius 2 is 2.00 bits per heavy atom. The first-order valence-corrected chi connectivity index (χ1v) is 5.09. The molecule has 1 aromatic carbocycles. The number of ether oxygens (including phenoxy) is 1. The first-order chi connectivity index (χ1) is 7.77. The third kappa shape index (κ3) is 1.73. The van der Waals surface area contributed by atoms with Gasteiger partial charge in [0.25, 0.3) is 0 Å². The van der Waals surface area contributed by atoms with Gasteiger partial charge in [-0.3, -0.25) is 0 Å². The Balaban J connectivity index is 2.69. The van der Waals surface area contributed by atoms with Crippen molar-refractivity contribution < 1.29 is 9.94 Å². The van der Waals surface area contributed by atoms with E-state index in [4.69, 9.17) is 9.94 Å². The average molecular weight is 218 g/mol. The molecule has 0 aliphatic rings. The number of hydrogen-bond acceptors (Lipinski definition) is 4. The molecule has 1 atom stereocenters. The molecule has 0 spiro atoms. The van der Waals surface area contributed by atoms with Gasteiger partial charge in [-0.2, -0.15) is 5.48 Å². The van der Waals surface area contributed by atoms with Gasteiger partial charge < -0.3 is 9.94 Å². The number of aromatic nitrogens is 1. The first-order valence-electron chi connectivity index (χ1n) is 5.09. The molecule has 0 saturated heterocycles. The summed E-state index contributed by atoms with van der Waals surface area (Å²) in [5.74, 6) is 0.601. The van der Waals surface area contributed by atoms with Crippen LogP contribution in [0.3, 0.4) is 0 Å². The fourth-order valence-corrected chi connectivity index (χ4v) is 1.77. The van der Waals surface area contributed by atoms with E-state index in [0.29, 0.717) is 5.88 Å². The molecule has 2 rings (SSSR count). The fourth-order valence-electron chi connectivity index (χ4n) is 1.77. The van der Waals surface area contributed by atoms with Crippen molar-refractivity contribution in [2.45, 2.75) is 13.0 Å². The maximum absolute atomic E-state index is 8.97. The van der Waals surface area contributed by atoms with E-state index < -0.39 is 0 Å². The molecule has 0 amide bonds. The zero-order valence-corrected chi connectivity index (χ0v) is 9.27. The summed E-state index contributed by atoms with van der Waals surface area (Å²) in [5, 5.41) is 10.9. The lowest BCUT2D eigenvalue weighted by Crippen LogP contribution is -2.14. The van der Waals surface area contributed by atoms with Gasteiger partial charge in [0.05, 0.1) is 13.2 Å². The highest BCUT2D eigenvalue weighted by Crippen LogP contribution is 2.28. The van der Waals surface area contributed by atoms with Gasteiger partial charge in [0.2, 0.25) is 5.88 Å². The number of pyridine rings is 1. The molecular formula is C12H14N2O2. The van der Waals surface area contributed by atoms with Crippen LogP contribution in [-0.2, 0) is 0 Å². The summed E-state index contributed by atoms with van der Waals surface area (Å²) in [4.78, 5) is 4.22. The molecule has 0 saturated carbocycles. The molecule has 0 aliphatic carbocycles. The van der Waals surface area contributed by atoms with Crippen LogP contribution >= 0.6 is 0 Å². The van der Waals surface area contributed by atoms with Crippen molar-refractivity contribution in [2.75, 3.05) is 7.11 Å². The predicted molar refractivity (Wildman–Crippen MR) is 61.6 cm³/mol. The van der Waals surface area contributed by atoms with Crippen LogP contribution in [0.15, 0.2) is 30.5 Å². The minimum absolute atomic E-state index is 0.164. The van der Waals surface area contributed by atoms with Crippen LogP contribution in [0.2, 0.25) is 0 Å². The number of hydroxylamine groups is 1. The molecule has 84 valence electrons. The van der Waals surface area contributed by atoms with Crippen molar-refractivity contribution in [1.29, 1.82) is 0 Å². The first kappa shape index (κ1) is 10.9. The van der Waals surface area contributed by atoms with E-state index in [1.54, 1.807) is 13.3 Å². The van der Waals surface area contributed by atoms with Crippen molar-refractivity contribution in [2.24, 2.45) is 0 Å². The van der Waals surface area contributed by atoms with Gasteiger partial charge >= 0.3 is 0 Å². The minimum atomic E-state index is -0.164. The van der Waals surface area contributed by atoms with Gasteiger partial charge in [-0.1, -0.05) is 18.2 Å². The van der Waals surface area contributed by atoms with Gasteiger partial charge in [0.1, 0.15) is 0 Å². The molecule has 2 aromatic rings. The summed E-state index contributed by atoms with van der Waals surface area (Å²) >= 11 is 0. The number of nitrogens with zero attached hydrogens (tertiary/aromatic N) is 1. The Kier molecular flexibility index (Phi) is 3.03. The van der Waals surface area contributed by atoms with E-state index in [1.807, 2.05) is 31.2 Å². The summed E-state index contributed by atoms with van der Waals surface area (Å²) in [7, 11) is 1.60. The maximum Gasteiger partial charge on any atom is 0.221 e. The SMILES string of the molecule is COc1ncc(C(C)NO)c2ccccc12. The number of hydrogen-bond donors (Lipinski definition) is 2. The van der Waals surface area contributed by atoms with Gasteiger partial charge in [-0.25, -0.2) is 4.98 Å². The van der Waals surface area contributed by atoms with Crippen LogP contribution in [0.1, 0.15) is 18.5 Å². The summed E-state index contributed by atoms with van der Waals surface area (Å²) in [6, 6.07) is 7.67. The third-order valence-electron chi connectivity index (χ3n) is 2.64. The van der Waals surface area contributed by atoms with Crippen molar-refractivity contribution in [3.05, 3.63) is 36.0 Å². The molecule has 4 heteroatoms. The Morgan fingerprint density at radius 3 is 2.62 bits per heavy atom. The maximum atomic E-state index is 8.97. The second-order valence-electron chi connectivity index (χ2n) is 3.62. The predicted octanol–water partition coefficient (Wildman–Crippen LogP) is 2.28. The number of methoxy groups -OCH3 is 1. The third-order valence-corrected chi connectivity index (χ3v) is 2.64. The van der Waals surface area contributed by atoms with Gasteiger partial charge in [0.15, 0.2) is 0 Å². The zero-order valence-electron chi connectivity index (χ0n) is 9.27. The van der Waals surface area contributed by atoms with Crippen molar-refractivity contribution in [1.82, 2.24) is 10.5 Å². The van der Waals surface area contributed by atoms with Crippen LogP contribution in [0.5, 0.6) is 5.88 Å². The van der Waals surface area contributed by atoms with E-state index >= 15 is 0 Å². The largest absolute Gasteiger partial charge is 0.481 e. The van der Waals surface area contributed by atoms with Crippen molar-refractivity contribution in [3.8, 4) is 5.88 Å². The summed E-state index contributed by atoms with van der Waals surface area (Å²) < 4.78 is 5.20. The molecule has 2 N–H and O–H groups in total. The number of benzene rings is 1. The smallest absolute Gasteiger partial charge is 0.221 e. The molecule has 0 aliphatic heterocycles. The van der Waals surface area contributed by atoms with Gasteiger partial charge in [-0.05, 0) is 23.9 Å². The molecule has 0 radical (unpaired) electrons. The standard InChI is InChI=1S/C12H14N2O2/c1-8(14-15)11-7-13-12(16-2)10-6-4-3-5-9(10)11/h3-8,14-15H,1-2H3. The van der Waals surface area contributed by atoms with Crippen molar-refractivity contribution >= 4 is 10.8 Å². The van der Waals surface area contributed by atoms with Crippen LogP contribution in [-0.4, -0.2) is 17.3 Å². The van der Waals surface area contributed by atoms with Crippen LogP contribution in [0, 0.1) is 0 Å². The van der Waals surface area contributed by atoms with Crippen molar-refractivity contribution in [3.63, 3.8) is 0 Å². The Bertz CT molecular complexity index is 499. The highest BCUT2D eigenvalue weighted by atomic mass is 16.5. The number of nitrogens with one attached hydrogen (secondary N) is 1. The zero-order chi connectivity index (χ0) is 11.5. The van der Waals surface area contributed by atoms with E-state index in [9.17, 15) is 0 Å². The van der Waals surface area contributed by atoms with Gasteiger partial charge in [0, 0.05) is 11.6 Å². The van der Waals surface area contributed by atoms with Crippen LogP contribution in [0.4, 0.5) is 0 Å². The average Bonchev–Trinajstić information content (AvgIpc) is 2.36. The Hall–Kier alpha value is -1.65. The highest BCUT2D eigenvalue weighted by molar-refractivity contribution is 5.89. The van der Waals surface area contributed by atoms with Crippen LogP contribution < -0.4 is 10.2 Å². The molecule has 0 bridgehead atoms. The van der Waals surface area contributed by atoms with E-state index in [-0.39, 0.29) is 6.04 Å². The van der Waals surface area contributed by atoms with E-state index in [2.05, 4.69) is 10.5 Å². The normalized spacial score (nSPS) is 12.7. The lowest BCUT2D eigenvalue weighted by atomic mass is 10.0. The Morgan fingerprint density at radius 1 is 1.31 bits per heavy atom. The number of fused-ring (bicyclic) bond motifs is 1. The second-order valence-corrected chi connectivity index (χ2v) is 3.62. The lowest BCUT2D eigenvalue weighted by Gasteiger charge is -2.13. The van der Waals surface area contributed by atoms with Gasteiger partial charge in [-0.15, -0.1) is 0 Å². The molecule has 1 heterocycles. The molecule has 1 aromatic heterocycles. The number of rotatable bonds is 3. The topological polar surface area (TPSA) is 54.4 Å². The molecule has 0 fully saturated rings. The van der Waals surface area contributed by atoms with E-state index in [0.717, 1.165) is 16.3 Å². The Labute approximate surface area is 93.8 Å². The van der Waals surface area contributed by atoms with E-state index in [1.165, 1.54) is 0 Å². The summed E-state index contributed by atoms with van der Waals surface area (Å²) in [6.07, 6.45) is 1.72. The monoisotopic (exact) mass is 218 g/mol. The molecule has 16 heavy (non-hydrogen) atoms. The highest BCUT2D eigenvalue weighted by Gasteiger charge is 2.11. The fraction of sp³-hybridized carbons (Fsp3) is 0.250. The molecular weight excluding hydrogens is 204 g/mol. The molecule has 4 nitrogen and oxygen atoms in total. The minimum Gasteiger partial charge on any atom is -0.481 e. The van der Waals surface area contributed by atoms with Crippen LogP contribution in [0.25, 0.3) is 10.8 Å².